The highest BCUT2D eigenvalue weighted by Gasteiger charge is 2.22. The van der Waals surface area contributed by atoms with E-state index in [1.165, 1.54) is 7.11 Å². The molecule has 0 spiro atoms. The van der Waals surface area contributed by atoms with Crippen LogP contribution in [0.2, 0.25) is 0 Å². The van der Waals surface area contributed by atoms with E-state index in [1.54, 1.807) is 0 Å². The summed E-state index contributed by atoms with van der Waals surface area (Å²) >= 11 is 0. The number of nitrogens with zero attached hydrogens (tertiary/aromatic N) is 1. The van der Waals surface area contributed by atoms with Crippen LogP contribution in [0.5, 0.6) is 0 Å². The molecule has 2 N–H and O–H groups in total. The Morgan fingerprint density at radius 2 is 2.13 bits per heavy atom. The van der Waals surface area contributed by atoms with Gasteiger partial charge in [0, 0.05) is 25.8 Å². The molecule has 1 atom stereocenters. The Balaban J connectivity index is 2.15. The van der Waals surface area contributed by atoms with Gasteiger partial charge in [0.25, 0.3) is 0 Å². The highest BCUT2D eigenvalue weighted by Crippen LogP contribution is 2.31. The second kappa shape index (κ2) is 8.20. The van der Waals surface area contributed by atoms with E-state index in [4.69, 9.17) is 15.2 Å². The summed E-state index contributed by atoms with van der Waals surface area (Å²) in [5.41, 5.74) is 9.23. The lowest BCUT2D eigenvalue weighted by atomic mass is 9.96. The van der Waals surface area contributed by atoms with Gasteiger partial charge in [-0.25, -0.2) is 0 Å². The number of methoxy groups -OCH3 is 1. The normalized spacial score (nSPS) is 16.8. The molecule has 1 fully saturated rings. The fourth-order valence-electron chi connectivity index (χ4n) is 3.21. The number of ether oxygens (including phenoxy) is 2. The molecular weight excluding hydrogens is 292 g/mol. The van der Waals surface area contributed by atoms with E-state index < -0.39 is 0 Å². The summed E-state index contributed by atoms with van der Waals surface area (Å²) < 4.78 is 10.2. The summed E-state index contributed by atoms with van der Waals surface area (Å²) in [5, 5.41) is 0. The second-order valence-electron chi connectivity index (χ2n) is 6.13. The Hall–Kier alpha value is -1.75. The predicted molar refractivity (Wildman–Crippen MR) is 92.8 cm³/mol. The van der Waals surface area contributed by atoms with Crippen molar-refractivity contribution in [1.29, 1.82) is 0 Å². The summed E-state index contributed by atoms with van der Waals surface area (Å²) in [4.78, 5) is 13.8. The summed E-state index contributed by atoms with van der Waals surface area (Å²) in [5.74, 6) is -0.102. The van der Waals surface area contributed by atoms with Crippen molar-refractivity contribution in [2.45, 2.75) is 45.1 Å². The number of esters is 1. The van der Waals surface area contributed by atoms with E-state index in [2.05, 4.69) is 24.0 Å². The summed E-state index contributed by atoms with van der Waals surface area (Å²) in [7, 11) is 1.42. The Kier molecular flexibility index (Phi) is 6.28. The van der Waals surface area contributed by atoms with Crippen molar-refractivity contribution in [3.63, 3.8) is 0 Å². The van der Waals surface area contributed by atoms with Crippen molar-refractivity contribution in [1.82, 2.24) is 0 Å². The van der Waals surface area contributed by atoms with Crippen LogP contribution in [0.15, 0.2) is 18.2 Å². The summed E-state index contributed by atoms with van der Waals surface area (Å²) in [6.07, 6.45) is 2.44. The zero-order valence-electron chi connectivity index (χ0n) is 14.4. The molecule has 0 aromatic heterocycles. The van der Waals surface area contributed by atoms with Gasteiger partial charge in [-0.3, -0.25) is 4.79 Å². The minimum absolute atomic E-state index is 0.0944. The van der Waals surface area contributed by atoms with Crippen LogP contribution >= 0.6 is 0 Å². The number of anilines is 2. The zero-order valence-corrected chi connectivity index (χ0v) is 14.4. The molecule has 128 valence electrons. The van der Waals surface area contributed by atoms with Gasteiger partial charge in [0.1, 0.15) is 0 Å². The van der Waals surface area contributed by atoms with Gasteiger partial charge >= 0.3 is 5.97 Å². The quantitative estimate of drug-likeness (QED) is 0.645. The fraction of sp³-hybridized carbons (Fsp3) is 0.611. The van der Waals surface area contributed by atoms with Crippen molar-refractivity contribution in [2.24, 2.45) is 0 Å². The number of benzene rings is 1. The van der Waals surface area contributed by atoms with Crippen molar-refractivity contribution in [2.75, 3.05) is 37.5 Å². The van der Waals surface area contributed by atoms with Crippen LogP contribution in [0.25, 0.3) is 0 Å². The number of rotatable bonds is 6. The van der Waals surface area contributed by atoms with Crippen LogP contribution < -0.4 is 10.6 Å². The molecule has 0 aliphatic carbocycles. The lowest BCUT2D eigenvalue weighted by Gasteiger charge is -2.36. The Morgan fingerprint density at radius 3 is 2.70 bits per heavy atom. The van der Waals surface area contributed by atoms with Crippen LogP contribution in [0, 0.1) is 0 Å². The largest absolute Gasteiger partial charge is 0.469 e. The van der Waals surface area contributed by atoms with Gasteiger partial charge in [-0.05, 0) is 43.4 Å². The van der Waals surface area contributed by atoms with Gasteiger partial charge in [0.15, 0.2) is 0 Å². The first-order chi connectivity index (χ1) is 11.1. The number of hydrogen-bond acceptors (Lipinski definition) is 5. The molecule has 1 aliphatic heterocycles. The fourth-order valence-corrected chi connectivity index (χ4v) is 3.21. The number of nitrogen functional groups attached to an aromatic ring is 1. The molecule has 1 aromatic rings. The van der Waals surface area contributed by atoms with Crippen molar-refractivity contribution < 1.29 is 14.3 Å². The lowest BCUT2D eigenvalue weighted by Crippen LogP contribution is -2.39. The molecule has 0 amide bonds. The Labute approximate surface area is 138 Å². The average molecular weight is 320 g/mol. The first kappa shape index (κ1) is 17.6. The first-order valence-corrected chi connectivity index (χ1v) is 8.37. The molecule has 5 nitrogen and oxygen atoms in total. The van der Waals surface area contributed by atoms with Crippen LogP contribution in [0.1, 0.15) is 44.6 Å². The SMILES string of the molecule is CCN(c1ccc(C(C)CC(=O)OC)cc1N)C1CCOCC1. The van der Waals surface area contributed by atoms with Crippen molar-refractivity contribution in [3.05, 3.63) is 23.8 Å². The molecule has 1 heterocycles. The molecule has 0 radical (unpaired) electrons. The third-order valence-electron chi connectivity index (χ3n) is 4.60. The van der Waals surface area contributed by atoms with E-state index in [0.717, 1.165) is 49.5 Å². The minimum atomic E-state index is -0.197. The van der Waals surface area contributed by atoms with Gasteiger partial charge in [0.2, 0.25) is 0 Å². The average Bonchev–Trinajstić information content (AvgIpc) is 2.57. The number of hydrogen-bond donors (Lipinski definition) is 1. The number of carbonyl (C=O) groups excluding carboxylic acids is 1. The third kappa shape index (κ3) is 4.38. The van der Waals surface area contributed by atoms with Crippen LogP contribution in [0.4, 0.5) is 11.4 Å². The third-order valence-corrected chi connectivity index (χ3v) is 4.60. The monoisotopic (exact) mass is 320 g/mol. The van der Waals surface area contributed by atoms with Gasteiger partial charge in [-0.1, -0.05) is 13.0 Å². The Morgan fingerprint density at radius 1 is 1.43 bits per heavy atom. The highest BCUT2D eigenvalue weighted by molar-refractivity contribution is 5.72. The molecule has 1 saturated heterocycles. The maximum absolute atomic E-state index is 11.4. The summed E-state index contributed by atoms with van der Waals surface area (Å²) in [6.45, 7) is 6.72. The van der Waals surface area contributed by atoms with Gasteiger partial charge < -0.3 is 20.1 Å². The van der Waals surface area contributed by atoms with Crippen LogP contribution in [-0.2, 0) is 14.3 Å². The molecular formula is C18H28N2O3. The summed E-state index contributed by atoms with van der Waals surface area (Å²) in [6, 6.07) is 6.62. The van der Waals surface area contributed by atoms with Gasteiger partial charge in [0.05, 0.1) is 24.9 Å². The first-order valence-electron chi connectivity index (χ1n) is 8.37. The maximum Gasteiger partial charge on any atom is 0.306 e. The van der Waals surface area contributed by atoms with Gasteiger partial charge in [-0.2, -0.15) is 0 Å². The van der Waals surface area contributed by atoms with E-state index in [-0.39, 0.29) is 11.9 Å². The van der Waals surface area contributed by atoms with E-state index >= 15 is 0 Å². The highest BCUT2D eigenvalue weighted by atomic mass is 16.5. The van der Waals surface area contributed by atoms with Crippen LogP contribution in [0.3, 0.4) is 0 Å². The maximum atomic E-state index is 11.4. The molecule has 2 rings (SSSR count). The predicted octanol–water partition coefficient (Wildman–Crippen LogP) is 2.94. The van der Waals surface area contributed by atoms with Crippen molar-refractivity contribution in [3.8, 4) is 0 Å². The number of carbonyl (C=O) groups is 1. The minimum Gasteiger partial charge on any atom is -0.469 e. The van der Waals surface area contributed by atoms with Crippen molar-refractivity contribution >= 4 is 17.3 Å². The smallest absolute Gasteiger partial charge is 0.306 e. The second-order valence-corrected chi connectivity index (χ2v) is 6.13. The molecule has 23 heavy (non-hydrogen) atoms. The van der Waals surface area contributed by atoms with E-state index in [9.17, 15) is 4.79 Å². The van der Waals surface area contributed by atoms with Crippen LogP contribution in [-0.4, -0.2) is 38.9 Å². The zero-order chi connectivity index (χ0) is 16.8. The molecule has 5 heteroatoms. The molecule has 1 aliphatic rings. The lowest BCUT2D eigenvalue weighted by molar-refractivity contribution is -0.140. The molecule has 0 bridgehead atoms. The van der Waals surface area contributed by atoms with E-state index in [1.807, 2.05) is 13.0 Å². The Bertz CT molecular complexity index is 527. The number of nitrogens with two attached hydrogens (primary N) is 1. The van der Waals surface area contributed by atoms with E-state index in [0.29, 0.717) is 12.5 Å². The standard InChI is InChI=1S/C18H28N2O3/c1-4-20(15-7-9-23-10-8-15)17-6-5-14(12-16(17)19)13(2)11-18(21)22-3/h5-6,12-13,15H,4,7-11,19H2,1-3H3. The van der Waals surface area contributed by atoms with Gasteiger partial charge in [-0.15, -0.1) is 0 Å². The topological polar surface area (TPSA) is 64.8 Å². The molecule has 1 aromatic carbocycles. The molecule has 0 saturated carbocycles. The molecule has 1 unspecified atom stereocenters.